The van der Waals surface area contributed by atoms with Gasteiger partial charge in [-0.2, -0.15) is 0 Å². The molecule has 0 atom stereocenters. The molecule has 0 bridgehead atoms. The minimum Gasteiger partial charge on any atom is -0.491 e. The van der Waals surface area contributed by atoms with Crippen LogP contribution in [0.5, 0.6) is 5.75 Å². The first-order chi connectivity index (χ1) is 8.06. The van der Waals surface area contributed by atoms with Crippen LogP contribution in [-0.4, -0.2) is 12.4 Å². The highest BCUT2D eigenvalue weighted by atomic mass is 79.9. The molecule has 0 saturated carbocycles. The number of unbranched alkanes of at least 4 members (excludes halogenated alkanes) is 2. The Labute approximate surface area is 110 Å². The summed E-state index contributed by atoms with van der Waals surface area (Å²) in [6.45, 7) is 4.25. The van der Waals surface area contributed by atoms with E-state index < -0.39 is 0 Å². The van der Waals surface area contributed by atoms with E-state index >= 15 is 0 Å². The van der Waals surface area contributed by atoms with E-state index in [4.69, 9.17) is 10.5 Å². The van der Waals surface area contributed by atoms with Gasteiger partial charge in [0.15, 0.2) is 11.5 Å². The van der Waals surface area contributed by atoms with E-state index in [1.807, 2.05) is 0 Å². The average molecular weight is 300 g/mol. The van der Waals surface area contributed by atoms with Gasteiger partial charge in [0.1, 0.15) is 0 Å². The molecule has 0 saturated heterocycles. The Morgan fingerprint density at radius 3 is 2.71 bits per heavy atom. The molecule has 0 aliphatic heterocycles. The van der Waals surface area contributed by atoms with E-state index in [2.05, 4.69) is 22.9 Å². The summed E-state index contributed by atoms with van der Waals surface area (Å²) in [6, 6.07) is 3.50. The third-order valence-corrected chi connectivity index (χ3v) is 2.91. The average Bonchev–Trinajstić information content (AvgIpc) is 2.25. The van der Waals surface area contributed by atoms with E-state index in [1.165, 1.54) is 6.92 Å². The van der Waals surface area contributed by atoms with E-state index in [0.717, 1.165) is 23.7 Å². The van der Waals surface area contributed by atoms with Crippen LogP contribution in [0.3, 0.4) is 0 Å². The van der Waals surface area contributed by atoms with Gasteiger partial charge in [-0.05, 0) is 25.5 Å². The van der Waals surface area contributed by atoms with E-state index in [0.29, 0.717) is 23.6 Å². The van der Waals surface area contributed by atoms with Crippen molar-refractivity contribution in [3.05, 3.63) is 22.2 Å². The molecule has 0 amide bonds. The van der Waals surface area contributed by atoms with Gasteiger partial charge in [-0.3, -0.25) is 4.79 Å². The quantitative estimate of drug-likeness (QED) is 0.494. The first kappa shape index (κ1) is 14.0. The van der Waals surface area contributed by atoms with Crippen molar-refractivity contribution < 1.29 is 9.53 Å². The molecule has 4 heteroatoms. The minimum atomic E-state index is -0.0384. The molecular formula is C13H18BrNO2. The summed E-state index contributed by atoms with van der Waals surface area (Å²) < 4.78 is 6.41. The third kappa shape index (κ3) is 4.04. The summed E-state index contributed by atoms with van der Waals surface area (Å²) in [5.74, 6) is 0.472. The smallest absolute Gasteiger partial charge is 0.163 e. The van der Waals surface area contributed by atoms with Crippen molar-refractivity contribution in [2.75, 3.05) is 12.3 Å². The topological polar surface area (TPSA) is 52.3 Å². The van der Waals surface area contributed by atoms with Crippen molar-refractivity contribution in [1.29, 1.82) is 0 Å². The lowest BCUT2D eigenvalue weighted by molar-refractivity contribution is 0.101. The molecule has 0 radical (unpaired) electrons. The van der Waals surface area contributed by atoms with E-state index in [9.17, 15) is 4.79 Å². The van der Waals surface area contributed by atoms with Crippen LogP contribution >= 0.6 is 15.9 Å². The SMILES string of the molecule is CCCCCOc1c(N)cc(Br)cc1C(C)=O. The van der Waals surface area contributed by atoms with Crippen LogP contribution in [0, 0.1) is 0 Å². The Balaban J connectivity index is 2.85. The Hall–Kier alpha value is -1.03. The zero-order valence-corrected chi connectivity index (χ0v) is 11.8. The number of hydrogen-bond acceptors (Lipinski definition) is 3. The molecule has 0 aliphatic carbocycles. The second kappa shape index (κ2) is 6.64. The van der Waals surface area contributed by atoms with Crippen molar-refractivity contribution in [3.63, 3.8) is 0 Å². The Kier molecular flexibility index (Phi) is 5.48. The Morgan fingerprint density at radius 2 is 2.12 bits per heavy atom. The zero-order valence-electron chi connectivity index (χ0n) is 10.3. The van der Waals surface area contributed by atoms with Crippen LogP contribution < -0.4 is 10.5 Å². The second-order valence-electron chi connectivity index (χ2n) is 3.98. The van der Waals surface area contributed by atoms with Crippen LogP contribution in [-0.2, 0) is 0 Å². The third-order valence-electron chi connectivity index (χ3n) is 2.46. The summed E-state index contributed by atoms with van der Waals surface area (Å²) in [4.78, 5) is 11.5. The van der Waals surface area contributed by atoms with E-state index in [1.54, 1.807) is 12.1 Å². The molecule has 94 valence electrons. The number of halogens is 1. The number of carbonyl (C=O) groups is 1. The maximum atomic E-state index is 11.5. The minimum absolute atomic E-state index is 0.0384. The first-order valence-corrected chi connectivity index (χ1v) is 6.58. The molecule has 0 spiro atoms. The molecule has 0 aliphatic rings. The lowest BCUT2D eigenvalue weighted by Crippen LogP contribution is -2.06. The number of ether oxygens (including phenoxy) is 1. The van der Waals surface area contributed by atoms with Gasteiger partial charge in [0.05, 0.1) is 17.9 Å². The molecule has 1 aromatic rings. The van der Waals surface area contributed by atoms with Gasteiger partial charge in [0, 0.05) is 4.47 Å². The number of anilines is 1. The number of benzene rings is 1. The monoisotopic (exact) mass is 299 g/mol. The number of rotatable bonds is 6. The number of ketones is 1. The normalized spacial score (nSPS) is 10.3. The van der Waals surface area contributed by atoms with Gasteiger partial charge in [0.2, 0.25) is 0 Å². The van der Waals surface area contributed by atoms with Crippen LogP contribution in [0.15, 0.2) is 16.6 Å². The summed E-state index contributed by atoms with van der Waals surface area (Å²) in [5, 5.41) is 0. The fourth-order valence-corrected chi connectivity index (χ4v) is 2.04. The van der Waals surface area contributed by atoms with Gasteiger partial charge < -0.3 is 10.5 Å². The van der Waals surface area contributed by atoms with Gasteiger partial charge >= 0.3 is 0 Å². The Morgan fingerprint density at radius 1 is 1.41 bits per heavy atom. The molecule has 0 aromatic heterocycles. The predicted octanol–water partition coefficient (Wildman–Crippen LogP) is 3.80. The standard InChI is InChI=1S/C13H18BrNO2/c1-3-4-5-6-17-13-11(9(2)16)7-10(14)8-12(13)15/h7-8H,3-6,15H2,1-2H3. The molecule has 1 aromatic carbocycles. The molecular weight excluding hydrogens is 282 g/mol. The summed E-state index contributed by atoms with van der Waals surface area (Å²) in [7, 11) is 0. The second-order valence-corrected chi connectivity index (χ2v) is 4.90. The maximum absolute atomic E-state index is 11.5. The lowest BCUT2D eigenvalue weighted by Gasteiger charge is -2.12. The van der Waals surface area contributed by atoms with Gasteiger partial charge in [0.25, 0.3) is 0 Å². The number of Topliss-reactive ketones (excluding diaryl/α,β-unsaturated/α-hetero) is 1. The van der Waals surface area contributed by atoms with Gasteiger partial charge in [-0.25, -0.2) is 0 Å². The molecule has 0 fully saturated rings. The Bertz CT molecular complexity index is 405. The summed E-state index contributed by atoms with van der Waals surface area (Å²) in [5.41, 5.74) is 6.90. The lowest BCUT2D eigenvalue weighted by atomic mass is 10.1. The molecule has 1 rings (SSSR count). The molecule has 2 N–H and O–H groups in total. The van der Waals surface area contributed by atoms with E-state index in [-0.39, 0.29) is 5.78 Å². The highest BCUT2D eigenvalue weighted by Gasteiger charge is 2.13. The van der Waals surface area contributed by atoms with Gasteiger partial charge in [-0.15, -0.1) is 0 Å². The highest BCUT2D eigenvalue weighted by molar-refractivity contribution is 9.10. The van der Waals surface area contributed by atoms with Crippen LogP contribution in [0.25, 0.3) is 0 Å². The van der Waals surface area contributed by atoms with Crippen LogP contribution in [0.2, 0.25) is 0 Å². The molecule has 3 nitrogen and oxygen atoms in total. The number of nitrogen functional groups attached to an aromatic ring is 1. The zero-order chi connectivity index (χ0) is 12.8. The van der Waals surface area contributed by atoms with Crippen molar-refractivity contribution in [2.45, 2.75) is 33.1 Å². The van der Waals surface area contributed by atoms with Crippen LogP contribution in [0.4, 0.5) is 5.69 Å². The predicted molar refractivity (Wildman–Crippen MR) is 73.6 cm³/mol. The van der Waals surface area contributed by atoms with Crippen molar-refractivity contribution in [2.24, 2.45) is 0 Å². The molecule has 0 unspecified atom stereocenters. The number of carbonyl (C=O) groups excluding carboxylic acids is 1. The fraction of sp³-hybridized carbons (Fsp3) is 0.462. The fourth-order valence-electron chi connectivity index (χ4n) is 1.56. The van der Waals surface area contributed by atoms with Crippen LogP contribution in [0.1, 0.15) is 43.5 Å². The number of hydrogen-bond donors (Lipinski definition) is 1. The summed E-state index contributed by atoms with van der Waals surface area (Å²) >= 11 is 3.32. The van der Waals surface area contributed by atoms with Gasteiger partial charge in [-0.1, -0.05) is 35.7 Å². The van der Waals surface area contributed by atoms with Crippen molar-refractivity contribution >= 4 is 27.4 Å². The highest BCUT2D eigenvalue weighted by Crippen LogP contribution is 2.31. The molecule has 17 heavy (non-hydrogen) atoms. The molecule has 0 heterocycles. The van der Waals surface area contributed by atoms with Crippen molar-refractivity contribution in [3.8, 4) is 5.75 Å². The largest absolute Gasteiger partial charge is 0.491 e. The van der Waals surface area contributed by atoms with Crippen molar-refractivity contribution in [1.82, 2.24) is 0 Å². The number of nitrogens with two attached hydrogens (primary N) is 1. The maximum Gasteiger partial charge on any atom is 0.163 e. The first-order valence-electron chi connectivity index (χ1n) is 5.79. The summed E-state index contributed by atoms with van der Waals surface area (Å²) in [6.07, 6.45) is 3.23.